The molecule has 2 aromatic carbocycles. The summed E-state index contributed by atoms with van der Waals surface area (Å²) in [6.45, 7) is 8.66. The summed E-state index contributed by atoms with van der Waals surface area (Å²) in [7, 11) is 0. The second kappa shape index (κ2) is 8.43. The van der Waals surface area contributed by atoms with Crippen molar-refractivity contribution in [1.29, 1.82) is 0 Å². The van der Waals surface area contributed by atoms with Crippen LogP contribution in [0.15, 0.2) is 60.1 Å². The number of hydrogen-bond acceptors (Lipinski definition) is 4. The molecule has 0 spiro atoms. The molecule has 2 heterocycles. The summed E-state index contributed by atoms with van der Waals surface area (Å²) in [5.74, 6) is -0.399. The van der Waals surface area contributed by atoms with Crippen LogP contribution in [-0.4, -0.2) is 22.3 Å². The zero-order valence-corrected chi connectivity index (χ0v) is 18.3. The lowest BCUT2D eigenvalue weighted by Crippen LogP contribution is -2.28. The number of benzene rings is 2. The zero-order chi connectivity index (χ0) is 22.1. The first-order chi connectivity index (χ1) is 14.9. The average molecular weight is 434 g/mol. The maximum absolute atomic E-state index is 12.8. The van der Waals surface area contributed by atoms with E-state index in [1.54, 1.807) is 30.3 Å². The van der Waals surface area contributed by atoms with E-state index in [-0.39, 0.29) is 30.6 Å². The summed E-state index contributed by atoms with van der Waals surface area (Å²) in [4.78, 5) is 42.8. The van der Waals surface area contributed by atoms with Gasteiger partial charge >= 0.3 is 0 Å². The van der Waals surface area contributed by atoms with E-state index < -0.39 is 0 Å². The number of hydrogen-bond donors (Lipinski definition) is 0. The normalized spacial score (nSPS) is 14.8. The number of carbonyl (C=O) groups excluding carboxylic acids is 3. The van der Waals surface area contributed by atoms with Crippen LogP contribution in [-0.2, 0) is 16.1 Å². The first-order valence-corrected chi connectivity index (χ1v) is 11.0. The summed E-state index contributed by atoms with van der Waals surface area (Å²) in [5, 5.41) is 0. The molecule has 3 aromatic rings. The molecule has 6 nitrogen and oxygen atoms in total. The molecule has 1 aliphatic rings. The van der Waals surface area contributed by atoms with Gasteiger partial charge in [0.05, 0.1) is 15.9 Å². The summed E-state index contributed by atoms with van der Waals surface area (Å²) < 4.78 is 3.05. The van der Waals surface area contributed by atoms with Crippen LogP contribution in [0.1, 0.15) is 48.5 Å². The van der Waals surface area contributed by atoms with Gasteiger partial charge < -0.3 is 4.57 Å². The van der Waals surface area contributed by atoms with E-state index in [0.29, 0.717) is 28.5 Å². The lowest BCUT2D eigenvalue weighted by atomic mass is 10.0. The molecular formula is C24H23N3O3S. The lowest BCUT2D eigenvalue weighted by Gasteiger charge is -2.13. The molecule has 0 saturated carbocycles. The van der Waals surface area contributed by atoms with Gasteiger partial charge in [-0.25, -0.2) is 0 Å². The van der Waals surface area contributed by atoms with Gasteiger partial charge in [-0.15, -0.1) is 6.58 Å². The quantitative estimate of drug-likeness (QED) is 0.442. The highest BCUT2D eigenvalue weighted by atomic mass is 32.1. The van der Waals surface area contributed by atoms with E-state index in [9.17, 15) is 14.4 Å². The zero-order valence-electron chi connectivity index (χ0n) is 17.5. The van der Waals surface area contributed by atoms with Crippen LogP contribution >= 0.6 is 11.3 Å². The Hall–Kier alpha value is -3.32. The summed E-state index contributed by atoms with van der Waals surface area (Å²) in [5.41, 5.74) is 3.13. The SMILES string of the molecule is C=CCn1c(=NC(=O)c2ccc(N3C(=O)CCC3=O)cc2)sc2cc(C(C)C)ccc21. The minimum absolute atomic E-state index is 0.217. The molecule has 0 N–H and O–H groups in total. The maximum Gasteiger partial charge on any atom is 0.279 e. The van der Waals surface area contributed by atoms with E-state index in [2.05, 4.69) is 43.6 Å². The Morgan fingerprint density at radius 1 is 1.13 bits per heavy atom. The number of nitrogens with zero attached hydrogens (tertiary/aromatic N) is 3. The van der Waals surface area contributed by atoms with E-state index in [4.69, 9.17) is 0 Å². The highest BCUT2D eigenvalue weighted by molar-refractivity contribution is 7.16. The molecule has 1 aliphatic heterocycles. The largest absolute Gasteiger partial charge is 0.312 e. The van der Waals surface area contributed by atoms with Crippen LogP contribution < -0.4 is 9.70 Å². The summed E-state index contributed by atoms with van der Waals surface area (Å²) in [6, 6.07) is 12.7. The van der Waals surface area contributed by atoms with Crippen molar-refractivity contribution in [2.75, 3.05) is 4.90 Å². The van der Waals surface area contributed by atoms with Crippen molar-refractivity contribution >= 4 is 45.0 Å². The number of rotatable bonds is 5. The second-order valence-electron chi connectivity index (χ2n) is 7.75. The molecule has 1 fully saturated rings. The van der Waals surface area contributed by atoms with Gasteiger partial charge in [0.25, 0.3) is 5.91 Å². The van der Waals surface area contributed by atoms with Gasteiger partial charge in [-0.3, -0.25) is 19.3 Å². The van der Waals surface area contributed by atoms with Crippen LogP contribution in [0.4, 0.5) is 5.69 Å². The molecule has 1 aromatic heterocycles. The predicted molar refractivity (Wildman–Crippen MR) is 122 cm³/mol. The maximum atomic E-state index is 12.8. The summed E-state index contributed by atoms with van der Waals surface area (Å²) >= 11 is 1.47. The minimum atomic E-state index is -0.376. The van der Waals surface area contributed by atoms with E-state index in [1.807, 2.05) is 4.57 Å². The van der Waals surface area contributed by atoms with Crippen LogP contribution in [0, 0.1) is 0 Å². The van der Waals surface area contributed by atoms with Gasteiger partial charge in [-0.1, -0.05) is 37.3 Å². The molecule has 158 valence electrons. The van der Waals surface area contributed by atoms with Crippen LogP contribution in [0.2, 0.25) is 0 Å². The first-order valence-electron chi connectivity index (χ1n) is 10.2. The molecule has 4 rings (SSSR count). The van der Waals surface area contributed by atoms with E-state index in [0.717, 1.165) is 10.2 Å². The summed E-state index contributed by atoms with van der Waals surface area (Å²) in [6.07, 6.45) is 2.23. The number of allylic oxidation sites excluding steroid dienone is 1. The molecule has 1 saturated heterocycles. The number of aromatic nitrogens is 1. The topological polar surface area (TPSA) is 71.7 Å². The molecule has 0 bridgehead atoms. The van der Waals surface area contributed by atoms with Gasteiger partial charge in [-0.05, 0) is 47.9 Å². The monoisotopic (exact) mass is 433 g/mol. The molecule has 31 heavy (non-hydrogen) atoms. The fourth-order valence-corrected chi connectivity index (χ4v) is 4.69. The number of thiazole rings is 1. The number of carbonyl (C=O) groups is 3. The molecule has 0 radical (unpaired) electrons. The van der Waals surface area contributed by atoms with E-state index >= 15 is 0 Å². The van der Waals surface area contributed by atoms with Crippen molar-refractivity contribution in [2.45, 2.75) is 39.2 Å². The van der Waals surface area contributed by atoms with E-state index in [1.165, 1.54) is 21.8 Å². The van der Waals surface area contributed by atoms with Crippen molar-refractivity contribution in [3.8, 4) is 0 Å². The van der Waals surface area contributed by atoms with Crippen LogP contribution in [0.25, 0.3) is 10.2 Å². The Morgan fingerprint density at radius 3 is 2.42 bits per heavy atom. The van der Waals surface area contributed by atoms with Crippen LogP contribution in [0.3, 0.4) is 0 Å². The second-order valence-corrected chi connectivity index (χ2v) is 8.76. The highest BCUT2D eigenvalue weighted by Gasteiger charge is 2.30. The Bertz CT molecular complexity index is 1250. The number of imide groups is 1. The molecule has 3 amide bonds. The Balaban J connectivity index is 1.69. The molecule has 0 atom stereocenters. The molecular weight excluding hydrogens is 410 g/mol. The fourth-order valence-electron chi connectivity index (χ4n) is 3.61. The third-order valence-corrected chi connectivity index (χ3v) is 6.35. The Kier molecular flexibility index (Phi) is 5.69. The fraction of sp³-hybridized carbons (Fsp3) is 0.250. The van der Waals surface area contributed by atoms with Gasteiger partial charge in [0, 0.05) is 24.9 Å². The molecule has 0 unspecified atom stereocenters. The first kappa shape index (κ1) is 20.9. The lowest BCUT2D eigenvalue weighted by molar-refractivity contribution is -0.121. The van der Waals surface area contributed by atoms with Crippen molar-refractivity contribution in [2.24, 2.45) is 4.99 Å². The highest BCUT2D eigenvalue weighted by Crippen LogP contribution is 2.25. The third-order valence-electron chi connectivity index (χ3n) is 5.31. The van der Waals surface area contributed by atoms with Crippen molar-refractivity contribution in [1.82, 2.24) is 4.57 Å². The Labute approximate surface area is 184 Å². The predicted octanol–water partition coefficient (Wildman–Crippen LogP) is 4.41. The third kappa shape index (κ3) is 4.01. The van der Waals surface area contributed by atoms with Crippen molar-refractivity contribution < 1.29 is 14.4 Å². The minimum Gasteiger partial charge on any atom is -0.312 e. The Morgan fingerprint density at radius 2 is 1.81 bits per heavy atom. The van der Waals surface area contributed by atoms with Crippen molar-refractivity contribution in [3.63, 3.8) is 0 Å². The number of anilines is 1. The molecule has 0 aliphatic carbocycles. The average Bonchev–Trinajstić information content (AvgIpc) is 3.27. The van der Waals surface area contributed by atoms with Gasteiger partial charge in [0.1, 0.15) is 0 Å². The van der Waals surface area contributed by atoms with Crippen molar-refractivity contribution in [3.05, 3.63) is 71.0 Å². The van der Waals surface area contributed by atoms with Gasteiger partial charge in [0.2, 0.25) is 11.8 Å². The standard InChI is InChI=1S/C24H23N3O3S/c1-4-13-26-19-10-7-17(15(2)3)14-20(19)31-24(26)25-23(30)16-5-8-18(9-6-16)27-21(28)11-12-22(27)29/h4-10,14-15H,1,11-13H2,2-3H3. The van der Waals surface area contributed by atoms with Crippen LogP contribution in [0.5, 0.6) is 0 Å². The number of fused-ring (bicyclic) bond motifs is 1. The smallest absolute Gasteiger partial charge is 0.279 e. The van der Waals surface area contributed by atoms with Gasteiger partial charge in [0.15, 0.2) is 4.80 Å². The number of amides is 3. The molecule has 7 heteroatoms. The van der Waals surface area contributed by atoms with Gasteiger partial charge in [-0.2, -0.15) is 4.99 Å².